The fraction of sp³-hybridized carbons (Fsp3) is 0.300. The van der Waals surface area contributed by atoms with Crippen LogP contribution in [0.1, 0.15) is 6.92 Å². The van der Waals surface area contributed by atoms with Crippen LogP contribution in [-0.4, -0.2) is 23.9 Å². The molecule has 0 saturated carbocycles. The number of benzene rings is 1. The van der Waals surface area contributed by atoms with E-state index in [2.05, 4.69) is 10.6 Å². The number of carbonyl (C=O) groups is 1. The first kappa shape index (κ1) is 12.0. The molecule has 1 rings (SSSR count). The van der Waals surface area contributed by atoms with Gasteiger partial charge in [0.15, 0.2) is 0 Å². The Labute approximate surface area is 92.8 Å². The molecule has 6 nitrogen and oxygen atoms in total. The number of nitro groups is 1. The highest BCUT2D eigenvalue weighted by Crippen LogP contribution is 2.17. The minimum absolute atomic E-state index is 0.00546. The zero-order valence-corrected chi connectivity index (χ0v) is 9.06. The standard InChI is InChI=1S/C10H13N3O3/c1-7(10(14)11-2)12-8-4-3-5-9(6-8)13(15)16/h3-7,12H,1-2H3,(H,11,14)/t7-/m0/s1. The molecule has 1 amide bonds. The summed E-state index contributed by atoms with van der Waals surface area (Å²) in [5, 5.41) is 15.9. The van der Waals surface area contributed by atoms with Crippen molar-refractivity contribution < 1.29 is 9.72 Å². The summed E-state index contributed by atoms with van der Waals surface area (Å²) in [5.41, 5.74) is 0.541. The van der Waals surface area contributed by atoms with Crippen molar-refractivity contribution in [1.29, 1.82) is 0 Å². The summed E-state index contributed by atoms with van der Waals surface area (Å²) in [6.45, 7) is 1.68. The second-order valence-electron chi connectivity index (χ2n) is 3.29. The topological polar surface area (TPSA) is 84.3 Å². The fourth-order valence-corrected chi connectivity index (χ4v) is 1.24. The Hall–Kier alpha value is -2.11. The molecule has 86 valence electrons. The minimum Gasteiger partial charge on any atom is -0.374 e. The van der Waals surface area contributed by atoms with E-state index >= 15 is 0 Å². The van der Waals surface area contributed by atoms with Crippen LogP contribution in [0, 0.1) is 10.1 Å². The third-order valence-corrected chi connectivity index (χ3v) is 2.08. The molecule has 0 heterocycles. The average Bonchev–Trinajstić information content (AvgIpc) is 2.28. The van der Waals surface area contributed by atoms with Crippen molar-refractivity contribution in [3.8, 4) is 0 Å². The predicted octanol–water partition coefficient (Wildman–Crippen LogP) is 1.14. The van der Waals surface area contributed by atoms with Gasteiger partial charge >= 0.3 is 0 Å². The Morgan fingerprint density at radius 3 is 2.75 bits per heavy atom. The van der Waals surface area contributed by atoms with Crippen molar-refractivity contribution in [2.24, 2.45) is 0 Å². The van der Waals surface area contributed by atoms with Gasteiger partial charge < -0.3 is 10.6 Å². The number of hydrogen-bond donors (Lipinski definition) is 2. The van der Waals surface area contributed by atoms with Crippen molar-refractivity contribution in [2.75, 3.05) is 12.4 Å². The first-order valence-electron chi connectivity index (χ1n) is 4.77. The van der Waals surface area contributed by atoms with E-state index in [1.165, 1.54) is 19.2 Å². The van der Waals surface area contributed by atoms with Gasteiger partial charge in [-0.15, -0.1) is 0 Å². The largest absolute Gasteiger partial charge is 0.374 e. The maximum absolute atomic E-state index is 11.2. The Morgan fingerprint density at radius 2 is 2.19 bits per heavy atom. The summed E-state index contributed by atoms with van der Waals surface area (Å²) < 4.78 is 0. The van der Waals surface area contributed by atoms with Crippen LogP contribution in [0.5, 0.6) is 0 Å². The van der Waals surface area contributed by atoms with E-state index in [4.69, 9.17) is 0 Å². The highest BCUT2D eigenvalue weighted by molar-refractivity contribution is 5.83. The maximum Gasteiger partial charge on any atom is 0.271 e. The molecule has 16 heavy (non-hydrogen) atoms. The number of anilines is 1. The molecule has 0 radical (unpaired) electrons. The minimum atomic E-state index is -0.476. The summed E-state index contributed by atoms with van der Waals surface area (Å²) in [4.78, 5) is 21.3. The lowest BCUT2D eigenvalue weighted by molar-refractivity contribution is -0.384. The molecule has 6 heteroatoms. The van der Waals surface area contributed by atoms with E-state index < -0.39 is 11.0 Å². The third-order valence-electron chi connectivity index (χ3n) is 2.08. The third kappa shape index (κ3) is 2.94. The number of hydrogen-bond acceptors (Lipinski definition) is 4. The zero-order valence-electron chi connectivity index (χ0n) is 9.06. The van der Waals surface area contributed by atoms with Gasteiger partial charge in [-0.25, -0.2) is 0 Å². The van der Waals surface area contributed by atoms with Crippen molar-refractivity contribution in [2.45, 2.75) is 13.0 Å². The predicted molar refractivity (Wildman–Crippen MR) is 60.2 cm³/mol. The molecule has 0 spiro atoms. The maximum atomic E-state index is 11.2. The smallest absolute Gasteiger partial charge is 0.271 e. The lowest BCUT2D eigenvalue weighted by atomic mass is 10.2. The molecule has 1 atom stereocenters. The molecule has 0 aliphatic carbocycles. The van der Waals surface area contributed by atoms with Gasteiger partial charge in [-0.05, 0) is 13.0 Å². The first-order chi connectivity index (χ1) is 7.54. The molecule has 0 fully saturated rings. The number of rotatable bonds is 4. The Kier molecular flexibility index (Phi) is 3.82. The highest BCUT2D eigenvalue weighted by atomic mass is 16.6. The molecule has 0 bridgehead atoms. The zero-order chi connectivity index (χ0) is 12.1. The Bertz CT molecular complexity index is 406. The molecule has 1 aromatic carbocycles. The van der Waals surface area contributed by atoms with Gasteiger partial charge in [0.05, 0.1) is 4.92 Å². The van der Waals surface area contributed by atoms with Gasteiger partial charge in [-0.2, -0.15) is 0 Å². The van der Waals surface area contributed by atoms with Crippen LogP contribution in [0.25, 0.3) is 0 Å². The van der Waals surface area contributed by atoms with Gasteiger partial charge in [0.2, 0.25) is 5.91 Å². The van der Waals surface area contributed by atoms with Crippen LogP contribution in [-0.2, 0) is 4.79 Å². The van der Waals surface area contributed by atoms with Crippen LogP contribution in [0.2, 0.25) is 0 Å². The van der Waals surface area contributed by atoms with Crippen molar-refractivity contribution >= 4 is 17.3 Å². The van der Waals surface area contributed by atoms with Gasteiger partial charge in [0, 0.05) is 24.9 Å². The van der Waals surface area contributed by atoms with Gasteiger partial charge in [0.25, 0.3) is 5.69 Å². The van der Waals surface area contributed by atoms with Crippen molar-refractivity contribution in [3.63, 3.8) is 0 Å². The number of nitro benzene ring substituents is 1. The number of nitrogens with zero attached hydrogens (tertiary/aromatic N) is 1. The second kappa shape index (κ2) is 5.11. The van der Waals surface area contributed by atoms with Crippen molar-refractivity contribution in [1.82, 2.24) is 5.32 Å². The monoisotopic (exact) mass is 223 g/mol. The molecule has 0 aliphatic heterocycles. The number of amides is 1. The quantitative estimate of drug-likeness (QED) is 0.592. The van der Waals surface area contributed by atoms with Crippen molar-refractivity contribution in [3.05, 3.63) is 34.4 Å². The number of nitrogens with one attached hydrogen (secondary N) is 2. The molecule has 0 aliphatic rings. The molecule has 0 unspecified atom stereocenters. The summed E-state index contributed by atoms with van der Waals surface area (Å²) >= 11 is 0. The number of carbonyl (C=O) groups excluding carboxylic acids is 1. The van der Waals surface area contributed by atoms with E-state index in [0.717, 1.165) is 0 Å². The van der Waals surface area contributed by atoms with Crippen LogP contribution < -0.4 is 10.6 Å². The number of non-ortho nitro benzene ring substituents is 1. The fourth-order valence-electron chi connectivity index (χ4n) is 1.24. The van der Waals surface area contributed by atoms with Gasteiger partial charge in [-0.1, -0.05) is 6.07 Å². The second-order valence-corrected chi connectivity index (χ2v) is 3.29. The molecule has 1 aromatic rings. The molecule has 0 saturated heterocycles. The highest BCUT2D eigenvalue weighted by Gasteiger charge is 2.12. The molecule has 0 aromatic heterocycles. The summed E-state index contributed by atoms with van der Waals surface area (Å²) in [6.07, 6.45) is 0. The Balaban J connectivity index is 2.78. The molecular weight excluding hydrogens is 210 g/mol. The van der Waals surface area contributed by atoms with E-state index in [-0.39, 0.29) is 11.6 Å². The van der Waals surface area contributed by atoms with Crippen LogP contribution in [0.15, 0.2) is 24.3 Å². The van der Waals surface area contributed by atoms with Crippen LogP contribution in [0.4, 0.5) is 11.4 Å². The molecular formula is C10H13N3O3. The normalized spacial score (nSPS) is 11.6. The van der Waals surface area contributed by atoms with E-state index in [9.17, 15) is 14.9 Å². The van der Waals surface area contributed by atoms with Crippen LogP contribution >= 0.6 is 0 Å². The van der Waals surface area contributed by atoms with E-state index in [1.807, 2.05) is 0 Å². The summed E-state index contributed by atoms with van der Waals surface area (Å²) in [5.74, 6) is -0.175. The number of likely N-dealkylation sites (N-methyl/N-ethyl adjacent to an activating group) is 1. The summed E-state index contributed by atoms with van der Waals surface area (Å²) in [7, 11) is 1.54. The Morgan fingerprint density at radius 1 is 1.50 bits per heavy atom. The lowest BCUT2D eigenvalue weighted by Gasteiger charge is -2.13. The average molecular weight is 223 g/mol. The van der Waals surface area contributed by atoms with Crippen LogP contribution in [0.3, 0.4) is 0 Å². The SMILES string of the molecule is CNC(=O)[C@H](C)Nc1cccc([N+](=O)[O-])c1. The lowest BCUT2D eigenvalue weighted by Crippen LogP contribution is -2.35. The van der Waals surface area contributed by atoms with E-state index in [0.29, 0.717) is 5.69 Å². The van der Waals surface area contributed by atoms with Gasteiger partial charge in [0.1, 0.15) is 6.04 Å². The van der Waals surface area contributed by atoms with Gasteiger partial charge in [-0.3, -0.25) is 14.9 Å². The first-order valence-corrected chi connectivity index (χ1v) is 4.77. The summed E-state index contributed by atoms with van der Waals surface area (Å²) in [6, 6.07) is 5.59. The molecule has 2 N–H and O–H groups in total. The van der Waals surface area contributed by atoms with E-state index in [1.54, 1.807) is 19.1 Å².